The highest BCUT2D eigenvalue weighted by molar-refractivity contribution is 6.36. The third kappa shape index (κ3) is 4.34. The third-order valence-corrected chi connectivity index (χ3v) is 4.89. The minimum Gasteiger partial charge on any atom is -0.457 e. The Morgan fingerprint density at radius 3 is 2.76 bits per heavy atom. The summed E-state index contributed by atoms with van der Waals surface area (Å²) < 4.78 is 5.77. The second-order valence-corrected chi connectivity index (χ2v) is 7.32. The SMILES string of the molecule is Cc1ccc2cccc(NC(=O)/C=C/c3ccc(-c4ccc(Cl)cc4Cl)o3)c2n1. The lowest BCUT2D eigenvalue weighted by molar-refractivity contribution is -0.111. The number of carbonyl (C=O) groups excluding carboxylic acids is 1. The first kappa shape index (κ1) is 19.2. The number of carbonyl (C=O) groups is 1. The molecule has 0 saturated carbocycles. The van der Waals surface area contributed by atoms with Crippen LogP contribution in [0.25, 0.3) is 28.3 Å². The zero-order valence-electron chi connectivity index (χ0n) is 15.4. The van der Waals surface area contributed by atoms with E-state index in [2.05, 4.69) is 10.3 Å². The van der Waals surface area contributed by atoms with E-state index in [1.54, 1.807) is 36.4 Å². The Kier molecular flexibility index (Phi) is 5.38. The Hall–Kier alpha value is -3.08. The summed E-state index contributed by atoms with van der Waals surface area (Å²) >= 11 is 12.1. The number of para-hydroxylation sites is 1. The lowest BCUT2D eigenvalue weighted by Gasteiger charge is -2.06. The number of halogens is 2. The topological polar surface area (TPSA) is 55.1 Å². The molecule has 0 atom stereocenters. The summed E-state index contributed by atoms with van der Waals surface area (Å²) in [6, 6.07) is 18.3. The van der Waals surface area contributed by atoms with Crippen LogP contribution in [0.3, 0.4) is 0 Å². The number of nitrogens with zero attached hydrogens (tertiary/aromatic N) is 1. The molecule has 0 unspecified atom stereocenters. The van der Waals surface area contributed by atoms with Crippen LogP contribution >= 0.6 is 23.2 Å². The third-order valence-electron chi connectivity index (χ3n) is 4.34. The number of benzene rings is 2. The molecule has 0 aliphatic carbocycles. The van der Waals surface area contributed by atoms with E-state index in [1.165, 1.54) is 6.08 Å². The zero-order valence-corrected chi connectivity index (χ0v) is 17.0. The number of aromatic nitrogens is 1. The van der Waals surface area contributed by atoms with E-state index in [0.29, 0.717) is 27.3 Å². The molecule has 0 radical (unpaired) electrons. The van der Waals surface area contributed by atoms with Gasteiger partial charge in [-0.15, -0.1) is 0 Å². The van der Waals surface area contributed by atoms with Crippen molar-refractivity contribution in [2.24, 2.45) is 0 Å². The number of pyridine rings is 1. The summed E-state index contributed by atoms with van der Waals surface area (Å²) in [5.41, 5.74) is 3.04. The van der Waals surface area contributed by atoms with Crippen LogP contribution in [-0.2, 0) is 4.79 Å². The van der Waals surface area contributed by atoms with Crippen molar-refractivity contribution in [3.63, 3.8) is 0 Å². The molecule has 0 saturated heterocycles. The molecule has 0 aliphatic heterocycles. The van der Waals surface area contributed by atoms with Crippen molar-refractivity contribution in [2.75, 3.05) is 5.32 Å². The summed E-state index contributed by atoms with van der Waals surface area (Å²) in [4.78, 5) is 16.9. The van der Waals surface area contributed by atoms with Gasteiger partial charge in [0.25, 0.3) is 0 Å². The van der Waals surface area contributed by atoms with Crippen molar-refractivity contribution in [3.05, 3.63) is 88.2 Å². The van der Waals surface area contributed by atoms with Gasteiger partial charge in [0.15, 0.2) is 0 Å². The maximum atomic E-state index is 12.4. The molecule has 6 heteroatoms. The highest BCUT2D eigenvalue weighted by Gasteiger charge is 2.09. The van der Waals surface area contributed by atoms with E-state index in [1.807, 2.05) is 37.3 Å². The zero-order chi connectivity index (χ0) is 20.4. The van der Waals surface area contributed by atoms with Gasteiger partial charge in [-0.25, -0.2) is 0 Å². The molecular weight excluding hydrogens is 407 g/mol. The largest absolute Gasteiger partial charge is 0.457 e. The summed E-state index contributed by atoms with van der Waals surface area (Å²) in [5.74, 6) is 0.858. The van der Waals surface area contributed by atoms with Crippen LogP contribution in [0.2, 0.25) is 10.0 Å². The molecule has 29 heavy (non-hydrogen) atoms. The fraction of sp³-hybridized carbons (Fsp3) is 0.0435. The predicted molar refractivity (Wildman–Crippen MR) is 118 cm³/mol. The summed E-state index contributed by atoms with van der Waals surface area (Å²) in [6.07, 6.45) is 3.02. The molecule has 1 amide bonds. The van der Waals surface area contributed by atoms with Gasteiger partial charge in [-0.05, 0) is 55.5 Å². The first-order chi connectivity index (χ1) is 14.0. The average molecular weight is 423 g/mol. The number of hydrogen-bond acceptors (Lipinski definition) is 3. The number of aryl methyl sites for hydroxylation is 1. The van der Waals surface area contributed by atoms with E-state index in [-0.39, 0.29) is 5.91 Å². The fourth-order valence-corrected chi connectivity index (χ4v) is 3.46. The maximum absolute atomic E-state index is 12.4. The Bertz CT molecular complexity index is 1240. The van der Waals surface area contributed by atoms with Crippen LogP contribution < -0.4 is 5.32 Å². The highest BCUT2D eigenvalue weighted by Crippen LogP contribution is 2.31. The number of amides is 1. The minimum atomic E-state index is -0.275. The summed E-state index contributed by atoms with van der Waals surface area (Å²) in [6.45, 7) is 1.92. The quantitative estimate of drug-likeness (QED) is 0.369. The van der Waals surface area contributed by atoms with Gasteiger partial charge >= 0.3 is 0 Å². The summed E-state index contributed by atoms with van der Waals surface area (Å²) in [5, 5.41) is 4.89. The van der Waals surface area contributed by atoms with Gasteiger partial charge in [-0.3, -0.25) is 9.78 Å². The second-order valence-electron chi connectivity index (χ2n) is 6.48. The molecule has 0 aliphatic rings. The van der Waals surface area contributed by atoms with Gasteiger partial charge < -0.3 is 9.73 Å². The highest BCUT2D eigenvalue weighted by atomic mass is 35.5. The van der Waals surface area contributed by atoms with Crippen molar-refractivity contribution < 1.29 is 9.21 Å². The number of fused-ring (bicyclic) bond motifs is 1. The fourth-order valence-electron chi connectivity index (χ4n) is 2.95. The Balaban J connectivity index is 1.51. The Labute approximate surface area is 177 Å². The van der Waals surface area contributed by atoms with E-state index in [0.717, 1.165) is 22.2 Å². The van der Waals surface area contributed by atoms with Crippen LogP contribution in [0.5, 0.6) is 0 Å². The van der Waals surface area contributed by atoms with E-state index in [4.69, 9.17) is 27.6 Å². The van der Waals surface area contributed by atoms with E-state index in [9.17, 15) is 4.79 Å². The molecule has 0 spiro atoms. The standard InChI is InChI=1S/C23H16Cl2N2O2/c1-14-5-6-15-3-2-4-20(23(15)26-14)27-22(28)12-9-17-8-11-21(29-17)18-10-7-16(24)13-19(18)25/h2-13H,1H3,(H,27,28)/b12-9+. The Morgan fingerprint density at radius 1 is 1.07 bits per heavy atom. The molecule has 0 fully saturated rings. The van der Waals surface area contributed by atoms with E-state index >= 15 is 0 Å². The van der Waals surface area contributed by atoms with Crippen LogP contribution in [0.1, 0.15) is 11.5 Å². The number of furan rings is 1. The van der Waals surface area contributed by atoms with Crippen molar-refractivity contribution in [2.45, 2.75) is 6.92 Å². The minimum absolute atomic E-state index is 0.275. The maximum Gasteiger partial charge on any atom is 0.248 e. The molecule has 2 aromatic heterocycles. The molecule has 4 rings (SSSR count). The first-order valence-corrected chi connectivity index (χ1v) is 9.66. The Morgan fingerprint density at radius 2 is 1.93 bits per heavy atom. The molecule has 2 aromatic carbocycles. The lowest BCUT2D eigenvalue weighted by Crippen LogP contribution is -2.08. The first-order valence-electron chi connectivity index (χ1n) is 8.90. The number of rotatable bonds is 4. The monoisotopic (exact) mass is 422 g/mol. The lowest BCUT2D eigenvalue weighted by atomic mass is 10.1. The van der Waals surface area contributed by atoms with Gasteiger partial charge in [0.2, 0.25) is 5.91 Å². The summed E-state index contributed by atoms with van der Waals surface area (Å²) in [7, 11) is 0. The molecule has 1 N–H and O–H groups in total. The van der Waals surface area contributed by atoms with Crippen LogP contribution in [0.4, 0.5) is 5.69 Å². The smallest absolute Gasteiger partial charge is 0.248 e. The molecule has 2 heterocycles. The van der Waals surface area contributed by atoms with Crippen LogP contribution in [0.15, 0.2) is 71.2 Å². The number of nitrogens with one attached hydrogen (secondary N) is 1. The molecule has 144 valence electrons. The molecular formula is C23H16Cl2N2O2. The van der Waals surface area contributed by atoms with Gasteiger partial charge in [0.1, 0.15) is 11.5 Å². The molecule has 4 aromatic rings. The number of anilines is 1. The van der Waals surface area contributed by atoms with Crippen LogP contribution in [-0.4, -0.2) is 10.9 Å². The van der Waals surface area contributed by atoms with Gasteiger partial charge in [0, 0.05) is 27.7 Å². The van der Waals surface area contributed by atoms with Crippen molar-refractivity contribution >= 4 is 51.8 Å². The van der Waals surface area contributed by atoms with Gasteiger partial charge in [-0.2, -0.15) is 0 Å². The van der Waals surface area contributed by atoms with Gasteiger partial charge in [-0.1, -0.05) is 41.4 Å². The van der Waals surface area contributed by atoms with E-state index < -0.39 is 0 Å². The van der Waals surface area contributed by atoms with Crippen molar-refractivity contribution in [1.29, 1.82) is 0 Å². The van der Waals surface area contributed by atoms with Gasteiger partial charge in [0.05, 0.1) is 16.2 Å². The van der Waals surface area contributed by atoms with Crippen LogP contribution in [0, 0.1) is 6.92 Å². The van der Waals surface area contributed by atoms with Crippen molar-refractivity contribution in [1.82, 2.24) is 4.98 Å². The normalized spacial score (nSPS) is 11.3. The average Bonchev–Trinajstić information content (AvgIpc) is 3.15. The second kappa shape index (κ2) is 8.11. The predicted octanol–water partition coefficient (Wildman–Crippen LogP) is 6.76. The molecule has 4 nitrogen and oxygen atoms in total. The van der Waals surface area contributed by atoms with Crippen molar-refractivity contribution in [3.8, 4) is 11.3 Å². The molecule has 0 bridgehead atoms. The number of hydrogen-bond donors (Lipinski definition) is 1.